The number of ether oxygens (including phenoxy) is 2. The van der Waals surface area contributed by atoms with E-state index in [0.717, 1.165) is 0 Å². The molecule has 0 saturated heterocycles. The first kappa shape index (κ1) is 7.87. The second-order valence-electron chi connectivity index (χ2n) is 1.87. The van der Waals surface area contributed by atoms with Gasteiger partial charge >= 0.3 is 6.02 Å². The van der Waals surface area contributed by atoms with Gasteiger partial charge in [-0.25, -0.2) is 4.99 Å². The summed E-state index contributed by atoms with van der Waals surface area (Å²) in [5, 5.41) is 0. The zero-order valence-electron chi connectivity index (χ0n) is 6.27. The molecule has 0 aromatic rings. The molecule has 5 heteroatoms. The van der Waals surface area contributed by atoms with E-state index in [1.165, 1.54) is 20.4 Å². The number of rotatable bonds is 1. The summed E-state index contributed by atoms with van der Waals surface area (Å²) in [7, 11) is 2.82. The second kappa shape index (κ2) is 3.25. The Kier molecular flexibility index (Phi) is 2.32. The number of amides is 1. The van der Waals surface area contributed by atoms with Crippen molar-refractivity contribution < 1.29 is 14.3 Å². The van der Waals surface area contributed by atoms with Gasteiger partial charge in [0, 0.05) is 13.3 Å². The van der Waals surface area contributed by atoms with Crippen LogP contribution in [0.25, 0.3) is 0 Å². The molecule has 1 aliphatic heterocycles. The predicted octanol–water partition coefficient (Wildman–Crippen LogP) is -0.385. The van der Waals surface area contributed by atoms with Gasteiger partial charge < -0.3 is 9.47 Å². The second-order valence-corrected chi connectivity index (χ2v) is 1.87. The Morgan fingerprint density at radius 1 is 1.55 bits per heavy atom. The highest BCUT2D eigenvalue weighted by molar-refractivity contribution is 6.08. The molecule has 0 N–H and O–H groups in total. The Morgan fingerprint density at radius 2 is 2.27 bits per heavy atom. The van der Waals surface area contributed by atoms with Crippen LogP contribution in [0, 0.1) is 0 Å². The van der Waals surface area contributed by atoms with Gasteiger partial charge in [0.15, 0.2) is 6.10 Å². The molecule has 5 nitrogen and oxygen atoms in total. The topological polar surface area (TPSA) is 60.2 Å². The summed E-state index contributed by atoms with van der Waals surface area (Å²) in [6, 6.07) is 0.0725. The SMILES string of the molecule is COC1=NC(=O)C(OC)C=N1. The number of hydrogen-bond acceptors (Lipinski definition) is 4. The highest BCUT2D eigenvalue weighted by Crippen LogP contribution is 1.98. The third-order valence-electron chi connectivity index (χ3n) is 1.21. The molecule has 1 heterocycles. The van der Waals surface area contributed by atoms with Crippen LogP contribution >= 0.6 is 0 Å². The van der Waals surface area contributed by atoms with Crippen LogP contribution in [0.3, 0.4) is 0 Å². The average Bonchev–Trinajstić information content (AvgIpc) is 2.04. The minimum Gasteiger partial charge on any atom is -0.467 e. The van der Waals surface area contributed by atoms with Gasteiger partial charge in [-0.2, -0.15) is 4.99 Å². The van der Waals surface area contributed by atoms with Crippen LogP contribution in [-0.2, 0) is 14.3 Å². The third kappa shape index (κ3) is 1.62. The number of carbonyl (C=O) groups is 1. The van der Waals surface area contributed by atoms with E-state index in [-0.39, 0.29) is 11.9 Å². The number of amidine groups is 1. The van der Waals surface area contributed by atoms with Crippen molar-refractivity contribution in [2.75, 3.05) is 14.2 Å². The molecule has 0 aromatic heterocycles. The number of hydrogen-bond donors (Lipinski definition) is 0. The molecule has 1 rings (SSSR count). The molecular formula is C6H8N2O3. The van der Waals surface area contributed by atoms with Crippen LogP contribution in [0.4, 0.5) is 0 Å². The lowest BCUT2D eigenvalue weighted by molar-refractivity contribution is -0.124. The predicted molar refractivity (Wildman–Crippen MR) is 38.7 cm³/mol. The minimum absolute atomic E-state index is 0.0725. The van der Waals surface area contributed by atoms with Crippen LogP contribution in [0.15, 0.2) is 9.98 Å². The molecule has 1 unspecified atom stereocenters. The van der Waals surface area contributed by atoms with E-state index >= 15 is 0 Å². The monoisotopic (exact) mass is 156 g/mol. The van der Waals surface area contributed by atoms with Crippen molar-refractivity contribution in [2.45, 2.75) is 6.10 Å². The van der Waals surface area contributed by atoms with E-state index in [2.05, 4.69) is 14.7 Å². The molecule has 1 amide bonds. The molecule has 60 valence electrons. The van der Waals surface area contributed by atoms with Gasteiger partial charge in [0.05, 0.1) is 7.11 Å². The zero-order valence-corrected chi connectivity index (χ0v) is 6.27. The van der Waals surface area contributed by atoms with Crippen LogP contribution < -0.4 is 0 Å². The standard InChI is InChI=1S/C6H8N2O3/c1-10-4-3-7-6(11-2)8-5(4)9/h3-4H,1-2H3. The van der Waals surface area contributed by atoms with Crippen molar-refractivity contribution in [3.8, 4) is 0 Å². The Balaban J connectivity index is 2.71. The van der Waals surface area contributed by atoms with Crippen molar-refractivity contribution >= 4 is 18.1 Å². The van der Waals surface area contributed by atoms with E-state index in [4.69, 9.17) is 4.74 Å². The van der Waals surface area contributed by atoms with Gasteiger partial charge in [-0.1, -0.05) is 0 Å². The third-order valence-corrected chi connectivity index (χ3v) is 1.21. The molecular weight excluding hydrogens is 148 g/mol. The molecule has 1 atom stereocenters. The van der Waals surface area contributed by atoms with Crippen molar-refractivity contribution in [3.05, 3.63) is 0 Å². The maximum Gasteiger partial charge on any atom is 0.319 e. The maximum absolute atomic E-state index is 10.9. The average molecular weight is 156 g/mol. The Hall–Kier alpha value is -1.23. The fraction of sp³-hybridized carbons (Fsp3) is 0.500. The van der Waals surface area contributed by atoms with Gasteiger partial charge in [-0.3, -0.25) is 4.79 Å². The number of carbonyl (C=O) groups excluding carboxylic acids is 1. The molecule has 0 saturated carbocycles. The summed E-state index contributed by atoms with van der Waals surface area (Å²) in [6.45, 7) is 0. The van der Waals surface area contributed by atoms with Crippen molar-refractivity contribution in [3.63, 3.8) is 0 Å². The summed E-state index contributed by atoms with van der Waals surface area (Å²) in [5.41, 5.74) is 0. The normalized spacial score (nSPS) is 23.3. The van der Waals surface area contributed by atoms with Gasteiger partial charge in [0.25, 0.3) is 5.91 Å². The van der Waals surface area contributed by atoms with Gasteiger partial charge in [-0.15, -0.1) is 0 Å². The maximum atomic E-state index is 10.9. The summed E-state index contributed by atoms with van der Waals surface area (Å²) in [6.07, 6.45) is 0.697. The van der Waals surface area contributed by atoms with Crippen LogP contribution in [0.2, 0.25) is 0 Å². The van der Waals surface area contributed by atoms with E-state index in [1.54, 1.807) is 0 Å². The highest BCUT2D eigenvalue weighted by Gasteiger charge is 2.19. The lowest BCUT2D eigenvalue weighted by atomic mass is 10.3. The quantitative estimate of drug-likeness (QED) is 0.519. The minimum atomic E-state index is -0.658. The highest BCUT2D eigenvalue weighted by atomic mass is 16.5. The van der Waals surface area contributed by atoms with Gasteiger partial charge in [0.2, 0.25) is 0 Å². The number of nitrogens with zero attached hydrogens (tertiary/aromatic N) is 2. The van der Waals surface area contributed by atoms with E-state index in [9.17, 15) is 4.79 Å². The summed E-state index contributed by atoms with van der Waals surface area (Å²) < 4.78 is 9.36. The molecule has 0 fully saturated rings. The smallest absolute Gasteiger partial charge is 0.319 e. The van der Waals surface area contributed by atoms with Crippen LogP contribution in [-0.4, -0.2) is 38.5 Å². The first-order chi connectivity index (χ1) is 5.27. The Morgan fingerprint density at radius 3 is 2.73 bits per heavy atom. The molecule has 0 radical (unpaired) electrons. The van der Waals surface area contributed by atoms with Crippen LogP contribution in [0.1, 0.15) is 0 Å². The molecule has 11 heavy (non-hydrogen) atoms. The van der Waals surface area contributed by atoms with E-state index in [1.807, 2.05) is 0 Å². The first-order valence-corrected chi connectivity index (χ1v) is 3.01. The number of aliphatic imine (C=N–C) groups is 2. The molecule has 1 aliphatic rings. The van der Waals surface area contributed by atoms with Crippen molar-refractivity contribution in [1.82, 2.24) is 0 Å². The molecule has 0 aromatic carbocycles. The largest absolute Gasteiger partial charge is 0.467 e. The molecule has 0 spiro atoms. The zero-order chi connectivity index (χ0) is 8.27. The lowest BCUT2D eigenvalue weighted by Crippen LogP contribution is -2.28. The summed E-state index contributed by atoms with van der Waals surface area (Å²) in [5.74, 6) is -0.389. The van der Waals surface area contributed by atoms with Crippen molar-refractivity contribution in [1.29, 1.82) is 0 Å². The lowest BCUT2D eigenvalue weighted by Gasteiger charge is -2.09. The first-order valence-electron chi connectivity index (χ1n) is 3.01. The Bertz CT molecular complexity index is 222. The van der Waals surface area contributed by atoms with Gasteiger partial charge in [0.1, 0.15) is 0 Å². The van der Waals surface area contributed by atoms with E-state index < -0.39 is 6.10 Å². The Labute approximate surface area is 63.7 Å². The fourth-order valence-corrected chi connectivity index (χ4v) is 0.642. The molecule has 0 aliphatic carbocycles. The van der Waals surface area contributed by atoms with Gasteiger partial charge in [-0.05, 0) is 0 Å². The fourth-order valence-electron chi connectivity index (χ4n) is 0.642. The number of methoxy groups -OCH3 is 2. The summed E-state index contributed by atoms with van der Waals surface area (Å²) >= 11 is 0. The summed E-state index contributed by atoms with van der Waals surface area (Å²) in [4.78, 5) is 18.1. The molecule has 0 bridgehead atoms. The van der Waals surface area contributed by atoms with E-state index in [0.29, 0.717) is 0 Å². The van der Waals surface area contributed by atoms with Crippen molar-refractivity contribution in [2.24, 2.45) is 9.98 Å². The van der Waals surface area contributed by atoms with Crippen LogP contribution in [0.5, 0.6) is 0 Å².